The Bertz CT molecular complexity index is 5780. The molecule has 4 aliphatic rings. The van der Waals surface area contributed by atoms with E-state index in [1.165, 1.54) is 41.5 Å². The quantitative estimate of drug-likeness (QED) is 0.0206. The molecule has 135 heavy (non-hydrogen) atoms. The summed E-state index contributed by atoms with van der Waals surface area (Å²) in [6.45, 7) is 12.3. The van der Waals surface area contributed by atoms with Gasteiger partial charge in [0.25, 0.3) is 0 Å². The van der Waals surface area contributed by atoms with E-state index in [0.29, 0.717) is 80.9 Å². The Balaban J connectivity index is 0.000000170. The number of benzene rings is 4. The number of carbonyl (C=O) groups is 6. The van der Waals surface area contributed by atoms with Gasteiger partial charge in [-0.3, -0.25) is 58.7 Å². The molecule has 4 saturated heterocycles. The third-order valence-corrected chi connectivity index (χ3v) is 28.6. The summed E-state index contributed by atoms with van der Waals surface area (Å²) in [4.78, 5) is 103. The zero-order chi connectivity index (χ0) is 97.6. The monoisotopic (exact) mass is 2130 g/mol. The molecule has 720 valence electrons. The van der Waals surface area contributed by atoms with Crippen LogP contribution in [0.1, 0.15) is 162 Å². The Morgan fingerprint density at radius 1 is 0.348 bits per heavy atom. The van der Waals surface area contributed by atoms with Gasteiger partial charge in [-0.25, -0.2) is 0 Å². The van der Waals surface area contributed by atoms with Gasteiger partial charge in [-0.15, -0.1) is 45.3 Å². The summed E-state index contributed by atoms with van der Waals surface area (Å²) in [7, 11) is 0. The Hall–Kier alpha value is -8.62. The molecule has 0 saturated carbocycles. The van der Waals surface area contributed by atoms with Crippen molar-refractivity contribution in [2.24, 2.45) is 0 Å². The van der Waals surface area contributed by atoms with Crippen LogP contribution >= 0.6 is 124 Å². The molecule has 0 aliphatic carbocycles. The Kier molecular flexibility index (Phi) is 40.2. The molecule has 4 aliphatic heterocycles. The molecule has 8 N–H and O–H groups in total. The molecular weight excluding hydrogens is 2040 g/mol. The van der Waals surface area contributed by atoms with E-state index in [2.05, 4.69) is 61.8 Å². The Morgan fingerprint density at radius 3 is 0.904 bits per heavy atom. The van der Waals surface area contributed by atoms with Crippen LogP contribution in [0.4, 0.5) is 0 Å². The van der Waals surface area contributed by atoms with Gasteiger partial charge in [0.15, 0.2) is 36.6 Å². The van der Waals surface area contributed by atoms with E-state index >= 15 is 0 Å². The van der Waals surface area contributed by atoms with Crippen molar-refractivity contribution >= 4 is 159 Å². The first-order chi connectivity index (χ1) is 64.5. The number of ether oxygens (including phenoxy) is 10. The summed E-state index contributed by atoms with van der Waals surface area (Å²) in [5.41, 5.74) is 8.59. The van der Waals surface area contributed by atoms with E-state index < -0.39 is 171 Å². The first-order valence-corrected chi connectivity index (χ1v) is 48.9. The highest BCUT2D eigenvalue weighted by Gasteiger charge is 2.54. The van der Waals surface area contributed by atoms with Crippen LogP contribution in [-0.2, 0) is 102 Å². The van der Waals surface area contributed by atoms with Crippen molar-refractivity contribution in [3.05, 3.63) is 274 Å². The molecule has 0 radical (unpaired) electrons. The summed E-state index contributed by atoms with van der Waals surface area (Å²) in [6.07, 6.45) is -2.39. The molecule has 0 amide bonds. The number of carbonyl (C=O) groups excluding carboxylic acids is 6. The van der Waals surface area contributed by atoms with E-state index in [1.807, 2.05) is 93.6 Å². The van der Waals surface area contributed by atoms with Crippen molar-refractivity contribution in [2.45, 2.75) is 223 Å². The van der Waals surface area contributed by atoms with Crippen molar-refractivity contribution in [2.75, 3.05) is 13.2 Å². The van der Waals surface area contributed by atoms with Gasteiger partial charge < -0.3 is 88.2 Å². The number of halogens is 6. The van der Waals surface area contributed by atoms with Crippen LogP contribution in [0.15, 0.2) is 185 Å². The van der Waals surface area contributed by atoms with Gasteiger partial charge in [-0.1, -0.05) is 109 Å². The van der Waals surface area contributed by atoms with Crippen molar-refractivity contribution in [1.82, 2.24) is 29.9 Å². The number of esters is 6. The van der Waals surface area contributed by atoms with Crippen LogP contribution in [0.2, 0.25) is 20.1 Å². The number of aliphatic hydroxyl groups is 8. The molecule has 7 aromatic heterocycles. The molecule has 20 atom stereocenters. The maximum Gasteiger partial charge on any atom is 0.303 e. The molecule has 0 unspecified atom stereocenters. The van der Waals surface area contributed by atoms with Crippen LogP contribution in [0.3, 0.4) is 0 Å². The van der Waals surface area contributed by atoms with E-state index in [-0.39, 0.29) is 0 Å². The van der Waals surface area contributed by atoms with E-state index in [4.69, 9.17) is 93.8 Å². The predicted octanol–water partition coefficient (Wildman–Crippen LogP) is 15.5. The van der Waals surface area contributed by atoms with Crippen molar-refractivity contribution in [1.29, 1.82) is 0 Å². The molecule has 11 aromatic rings. The first kappa shape index (κ1) is 107. The maximum absolute atomic E-state index is 12.1. The summed E-state index contributed by atoms with van der Waals surface area (Å²) < 4.78 is 59.4. The molecule has 4 aromatic carbocycles. The fourth-order valence-corrected chi connectivity index (χ4v) is 21.2. The lowest BCUT2D eigenvalue weighted by molar-refractivity contribution is -0.249. The normalized spacial score (nSPS) is 24.6. The third kappa shape index (κ3) is 29.3. The highest BCUT2D eigenvalue weighted by Crippen LogP contribution is 2.45. The lowest BCUT2D eigenvalue weighted by Crippen LogP contribution is -2.58. The zero-order valence-electron chi connectivity index (χ0n) is 74.1. The highest BCUT2D eigenvalue weighted by molar-refractivity contribution is 9.11. The van der Waals surface area contributed by atoms with E-state index in [9.17, 15) is 69.6 Å². The topological polar surface area (TPSA) is 434 Å². The smallest absolute Gasteiger partial charge is 0.303 e. The largest absolute Gasteiger partial charge is 0.456 e. The molecule has 11 heterocycles. The Morgan fingerprint density at radius 2 is 0.637 bits per heavy atom. The minimum absolute atomic E-state index is 0.453. The van der Waals surface area contributed by atoms with Gasteiger partial charge in [-0.2, -0.15) is 0 Å². The number of aromatic nitrogens is 6. The summed E-state index contributed by atoms with van der Waals surface area (Å²) in [5.74, 6) is -3.48. The second kappa shape index (κ2) is 50.8. The summed E-state index contributed by atoms with van der Waals surface area (Å²) >= 11 is 39.1. The zero-order valence-corrected chi connectivity index (χ0v) is 83.6. The van der Waals surface area contributed by atoms with Crippen LogP contribution in [0.5, 0.6) is 0 Å². The van der Waals surface area contributed by atoms with Crippen molar-refractivity contribution in [3.63, 3.8) is 0 Å². The van der Waals surface area contributed by atoms with Crippen molar-refractivity contribution < 1.29 is 117 Å². The number of hydrogen-bond acceptors (Lipinski definition) is 34. The van der Waals surface area contributed by atoms with E-state index in [1.54, 1.807) is 150 Å². The van der Waals surface area contributed by atoms with Crippen LogP contribution in [0, 0.1) is 6.92 Å². The molecule has 4 fully saturated rings. The lowest BCUT2D eigenvalue weighted by atomic mass is 9.88. The minimum atomic E-state index is -1.42. The fraction of sp³-hybridized carbons (Fsp3) is 0.389. The van der Waals surface area contributed by atoms with Gasteiger partial charge in [0.2, 0.25) is 0 Å². The lowest BCUT2D eigenvalue weighted by Gasteiger charge is -2.44. The summed E-state index contributed by atoms with van der Waals surface area (Å²) in [6, 6.07) is 37.4. The standard InChI is InChI=1S/C28H29ClN2O7S.C24H26BrClO7S.C21H21ClN2O5S.C17H18BrClO5S.C5H6N2/c1-5-23-26(35-15(2)32)28(37-17(4)34)27(36-16(3)33)25(38-23)18-6-8-21(29)19(12-18)13-20-7-9-24(39-20)22-14-30-10-11-31-22;1-5-19-22(30-12(2)27)24(32-14(4)29)23(31-13(3)28)21(33-19)15-6-8-18(26)16(10-15)11-17-7-9-20(25)34-17;22-14-3-1-11(21-20(28)19(27)18(26)16(10-25)29-21)7-12(14)8-13-2-4-17(30-13)15-9-23-5-6-24-15;18-13-4-2-10(25-13)6-9-5-8(1-3-11(9)19)17-16(23)15(22)14(21)12(7-20)24-17;1-5-4-6-2-3-7-5/h6-12,14,23,25-28H,5,13H2,1-4H3;6-10,19,21-24H,5,11H2,1-4H3;1-7,9,16,18-21,25-28H,8,10H2;1-5,12,14-17,20-23H,6-7H2;2-4H,1H3/t23-,25+,26-,27+,28+;19-,21+,22-,23+,24+;16-,18-,19+,20-,21+;12-,14-,15+,16-,17+;/m1111./s1. The minimum Gasteiger partial charge on any atom is -0.456 e. The molecular formula is C95H100Br2Cl4N6O24S4. The van der Waals surface area contributed by atoms with Crippen LogP contribution in [0.25, 0.3) is 21.1 Å². The van der Waals surface area contributed by atoms with Gasteiger partial charge in [0, 0.05) is 150 Å². The number of aliphatic hydroxyl groups excluding tert-OH is 8. The van der Waals surface area contributed by atoms with Gasteiger partial charge in [0.05, 0.1) is 72.2 Å². The number of thiophene rings is 4. The van der Waals surface area contributed by atoms with E-state index in [0.717, 1.165) is 76.2 Å². The third-order valence-electron chi connectivity index (χ3n) is 21.6. The molecule has 40 heteroatoms. The number of hydrogen-bond donors (Lipinski definition) is 8. The first-order valence-electron chi connectivity index (χ1n) is 42.5. The maximum atomic E-state index is 12.1. The summed E-state index contributed by atoms with van der Waals surface area (Å²) in [5, 5.41) is 81.7. The van der Waals surface area contributed by atoms with Crippen molar-refractivity contribution in [3.8, 4) is 21.1 Å². The molecule has 30 nitrogen and oxygen atoms in total. The molecule has 0 spiro atoms. The van der Waals surface area contributed by atoms with Gasteiger partial charge in [-0.05, 0) is 169 Å². The fourth-order valence-electron chi connectivity index (χ4n) is 15.5. The van der Waals surface area contributed by atoms with Crippen LogP contribution < -0.4 is 0 Å². The molecule has 0 bridgehead atoms. The number of aryl methyl sites for hydroxylation is 1. The average molecular weight is 2140 g/mol. The second-order valence-electron chi connectivity index (χ2n) is 31.5. The number of rotatable bonds is 24. The van der Waals surface area contributed by atoms with Gasteiger partial charge >= 0.3 is 35.8 Å². The number of nitrogens with zero attached hydrogens (tertiary/aromatic N) is 6. The van der Waals surface area contributed by atoms with Gasteiger partial charge in [0.1, 0.15) is 73.2 Å². The Labute approximate surface area is 831 Å². The SMILES string of the molecule is CC[C@H]1O[C@@H](c2ccc(Cl)c(Cc3ccc(-c4cnccn4)s3)c2)[C@H](OC(C)=O)[C@@H](OC(C)=O)[C@@H]1OC(C)=O.CC[C@H]1O[C@@H](c2ccc(Cl)c(Cc3ccc(Br)s3)c2)[C@H](OC(C)=O)[C@@H](OC(C)=O)[C@@H]1OC(C)=O.Cc1cnccn1.OC[C@H]1O[C@@H](c2ccc(Cl)c(Cc3ccc(-c4cnccn4)s3)c2)[C@H](O)[C@@H](O)[C@@H]1O.OC[C@H]1O[C@@H](c2ccc(Cl)c(Cc3ccc(Br)s3)c2)[C@H](O)[C@@H](O)[C@@H]1O. The van der Waals surface area contributed by atoms with Crippen LogP contribution in [-0.4, -0.2) is 217 Å². The second-order valence-corrected chi connectivity index (χ2v) is 40.6. The average Bonchev–Trinajstić information content (AvgIpc) is 1.37. The predicted molar refractivity (Wildman–Crippen MR) is 513 cm³/mol. The molecule has 15 rings (SSSR count). The highest BCUT2D eigenvalue weighted by atomic mass is 79.9.